The number of pyridine rings is 1. The van der Waals surface area contributed by atoms with Crippen molar-refractivity contribution in [2.24, 2.45) is 0 Å². The van der Waals surface area contributed by atoms with Gasteiger partial charge in [-0.2, -0.15) is 0 Å². The van der Waals surface area contributed by atoms with E-state index < -0.39 is 41.1 Å². The molecule has 4 aromatic rings. The first-order chi connectivity index (χ1) is 17.2. The Morgan fingerprint density at radius 2 is 1.56 bits per heavy atom. The number of ether oxygens (including phenoxy) is 2. The van der Waals surface area contributed by atoms with E-state index in [-0.39, 0.29) is 39.2 Å². The van der Waals surface area contributed by atoms with Crippen LogP contribution in [0.25, 0.3) is 10.9 Å². The first kappa shape index (κ1) is 24.5. The summed E-state index contributed by atoms with van der Waals surface area (Å²) in [6.45, 7) is -0.394. The van der Waals surface area contributed by atoms with Crippen molar-refractivity contribution >= 4 is 28.3 Å². The van der Waals surface area contributed by atoms with Gasteiger partial charge in [-0.15, -0.1) is 0 Å². The fourth-order valence-corrected chi connectivity index (χ4v) is 3.70. The molecule has 184 valence electrons. The average Bonchev–Trinajstić information content (AvgIpc) is 2.87. The lowest BCUT2D eigenvalue weighted by molar-refractivity contribution is -0.116. The van der Waals surface area contributed by atoms with Crippen molar-refractivity contribution < 1.29 is 32.2 Å². The Morgan fingerprint density at radius 3 is 2.19 bits per heavy atom. The van der Waals surface area contributed by atoms with Gasteiger partial charge in [0, 0.05) is 29.6 Å². The van der Waals surface area contributed by atoms with Crippen LogP contribution in [0.1, 0.15) is 15.9 Å². The largest absolute Gasteiger partial charge is 0.493 e. The van der Waals surface area contributed by atoms with Crippen LogP contribution in [0.15, 0.2) is 65.6 Å². The number of aromatic nitrogens is 1. The molecule has 0 bridgehead atoms. The van der Waals surface area contributed by atoms with Gasteiger partial charge in [-0.25, -0.2) is 13.2 Å². The molecule has 36 heavy (non-hydrogen) atoms. The first-order valence-corrected chi connectivity index (χ1v) is 10.6. The molecule has 1 amide bonds. The summed E-state index contributed by atoms with van der Waals surface area (Å²) in [5, 5.41) is 2.52. The van der Waals surface area contributed by atoms with Gasteiger partial charge in [-0.3, -0.25) is 14.4 Å². The molecule has 0 radical (unpaired) electrons. The molecular weight excluding hydrogens is 477 g/mol. The van der Waals surface area contributed by atoms with Crippen LogP contribution in [0, 0.1) is 17.5 Å². The third kappa shape index (κ3) is 4.78. The Labute approximate surface area is 202 Å². The normalized spacial score (nSPS) is 10.8. The summed E-state index contributed by atoms with van der Waals surface area (Å²) in [5.41, 5.74) is -0.537. The fraction of sp³-hybridized carbons (Fsp3) is 0.115. The second kappa shape index (κ2) is 9.95. The van der Waals surface area contributed by atoms with Crippen molar-refractivity contribution in [2.75, 3.05) is 19.5 Å². The number of benzene rings is 3. The van der Waals surface area contributed by atoms with Crippen LogP contribution in [-0.2, 0) is 11.3 Å². The summed E-state index contributed by atoms with van der Waals surface area (Å²) in [5.74, 6) is -3.56. The Morgan fingerprint density at radius 1 is 0.889 bits per heavy atom. The maximum atomic E-state index is 13.5. The summed E-state index contributed by atoms with van der Waals surface area (Å²) in [6.07, 6.45) is 1.22. The molecule has 0 aliphatic carbocycles. The molecule has 0 saturated heterocycles. The topological polar surface area (TPSA) is 86.6 Å². The Balaban J connectivity index is 1.82. The summed E-state index contributed by atoms with van der Waals surface area (Å²) in [7, 11) is 2.78. The van der Waals surface area contributed by atoms with Gasteiger partial charge >= 0.3 is 0 Å². The molecular formula is C26H19F3N2O5. The minimum Gasteiger partial charge on any atom is -0.493 e. The smallest absolute Gasteiger partial charge is 0.244 e. The molecule has 0 aliphatic rings. The fourth-order valence-electron chi connectivity index (χ4n) is 3.70. The molecule has 0 fully saturated rings. The van der Waals surface area contributed by atoms with Crippen molar-refractivity contribution in [3.63, 3.8) is 0 Å². The number of carbonyl (C=O) groups is 2. The molecule has 10 heteroatoms. The van der Waals surface area contributed by atoms with Crippen LogP contribution in [0.2, 0.25) is 0 Å². The summed E-state index contributed by atoms with van der Waals surface area (Å²) >= 11 is 0. The highest BCUT2D eigenvalue weighted by Gasteiger charge is 2.20. The molecule has 0 aliphatic heterocycles. The number of anilines is 1. The van der Waals surface area contributed by atoms with Gasteiger partial charge in [-0.1, -0.05) is 0 Å². The number of halogens is 3. The number of ketones is 1. The van der Waals surface area contributed by atoms with Crippen molar-refractivity contribution in [1.29, 1.82) is 0 Å². The zero-order chi connectivity index (χ0) is 26.0. The van der Waals surface area contributed by atoms with Gasteiger partial charge < -0.3 is 19.4 Å². The van der Waals surface area contributed by atoms with Gasteiger partial charge in [0.1, 0.15) is 12.4 Å². The first-order valence-electron chi connectivity index (χ1n) is 10.6. The van der Waals surface area contributed by atoms with Gasteiger partial charge in [0.25, 0.3) is 0 Å². The van der Waals surface area contributed by atoms with E-state index in [1.54, 1.807) is 0 Å². The van der Waals surface area contributed by atoms with Crippen molar-refractivity contribution in [2.45, 2.75) is 6.54 Å². The second-order valence-corrected chi connectivity index (χ2v) is 7.74. The number of methoxy groups -OCH3 is 2. The lowest BCUT2D eigenvalue weighted by Crippen LogP contribution is -2.24. The molecule has 0 atom stereocenters. The highest BCUT2D eigenvalue weighted by Crippen LogP contribution is 2.31. The second-order valence-electron chi connectivity index (χ2n) is 7.74. The number of fused-ring (bicyclic) bond motifs is 1. The number of amides is 1. The zero-order valence-corrected chi connectivity index (χ0v) is 19.1. The van der Waals surface area contributed by atoms with Crippen molar-refractivity contribution in [3.05, 3.63) is 99.6 Å². The molecule has 7 nitrogen and oxygen atoms in total. The monoisotopic (exact) mass is 496 g/mol. The van der Waals surface area contributed by atoms with E-state index in [0.717, 1.165) is 24.3 Å². The zero-order valence-electron chi connectivity index (χ0n) is 19.1. The van der Waals surface area contributed by atoms with Crippen molar-refractivity contribution in [1.82, 2.24) is 4.57 Å². The van der Waals surface area contributed by atoms with Crippen LogP contribution in [0.4, 0.5) is 18.9 Å². The number of carbonyl (C=O) groups excluding carboxylic acids is 2. The van der Waals surface area contributed by atoms with Crippen LogP contribution < -0.4 is 20.2 Å². The van der Waals surface area contributed by atoms with E-state index in [1.807, 2.05) is 0 Å². The molecule has 3 aromatic carbocycles. The Hall–Kier alpha value is -4.60. The molecule has 0 spiro atoms. The summed E-state index contributed by atoms with van der Waals surface area (Å²) in [4.78, 5) is 39.2. The number of rotatable bonds is 7. The Bertz CT molecular complexity index is 1550. The van der Waals surface area contributed by atoms with E-state index in [0.29, 0.717) is 0 Å². The predicted molar refractivity (Wildman–Crippen MR) is 126 cm³/mol. The standard InChI is InChI=1S/C26H19F3N2O5/c1-35-22-10-17-21(11-23(22)36-2)31(13-24(32)30-16-7-8-19(28)20(29)9-16)12-18(26(17)34)25(33)14-3-5-15(27)6-4-14/h3-12H,13H2,1-2H3,(H,30,32). The molecule has 1 N–H and O–H groups in total. The highest BCUT2D eigenvalue weighted by atomic mass is 19.2. The quantitative estimate of drug-likeness (QED) is 0.386. The van der Waals surface area contributed by atoms with Crippen LogP contribution >= 0.6 is 0 Å². The van der Waals surface area contributed by atoms with Crippen LogP contribution in [0.3, 0.4) is 0 Å². The number of hydrogen-bond acceptors (Lipinski definition) is 5. The molecule has 1 aromatic heterocycles. The van der Waals surface area contributed by atoms with Gasteiger partial charge in [-0.05, 0) is 42.5 Å². The Kier molecular flexibility index (Phi) is 6.77. The third-order valence-corrected chi connectivity index (χ3v) is 5.45. The van der Waals surface area contributed by atoms with E-state index in [1.165, 1.54) is 55.3 Å². The maximum absolute atomic E-state index is 13.5. The minimum absolute atomic E-state index is 0.0195. The lowest BCUT2D eigenvalue weighted by atomic mass is 10.0. The van der Waals surface area contributed by atoms with Gasteiger partial charge in [0.2, 0.25) is 11.3 Å². The lowest BCUT2D eigenvalue weighted by Gasteiger charge is -2.16. The number of nitrogens with one attached hydrogen (secondary N) is 1. The van der Waals surface area contributed by atoms with E-state index in [4.69, 9.17) is 9.47 Å². The number of nitrogens with zero attached hydrogens (tertiary/aromatic N) is 1. The number of hydrogen-bond donors (Lipinski definition) is 1. The maximum Gasteiger partial charge on any atom is 0.244 e. The average molecular weight is 496 g/mol. The van der Waals surface area contributed by atoms with E-state index in [9.17, 15) is 27.6 Å². The van der Waals surface area contributed by atoms with E-state index >= 15 is 0 Å². The van der Waals surface area contributed by atoms with Crippen molar-refractivity contribution in [3.8, 4) is 11.5 Å². The predicted octanol–water partition coefficient (Wildman–Crippen LogP) is 4.31. The van der Waals surface area contributed by atoms with E-state index in [2.05, 4.69) is 5.32 Å². The molecule has 4 rings (SSSR count). The highest BCUT2D eigenvalue weighted by molar-refractivity contribution is 6.10. The van der Waals surface area contributed by atoms with Crippen LogP contribution in [0.5, 0.6) is 11.5 Å². The summed E-state index contributed by atoms with van der Waals surface area (Å²) < 4.78 is 52.0. The molecule has 0 saturated carbocycles. The third-order valence-electron chi connectivity index (χ3n) is 5.45. The SMILES string of the molecule is COc1cc2c(=O)c(C(=O)c3ccc(F)cc3)cn(CC(=O)Nc3ccc(F)c(F)c3)c2cc1OC. The van der Waals surface area contributed by atoms with Gasteiger partial charge in [0.15, 0.2) is 28.9 Å². The van der Waals surface area contributed by atoms with Crippen LogP contribution in [-0.4, -0.2) is 30.5 Å². The molecule has 0 unspecified atom stereocenters. The minimum atomic E-state index is -1.13. The van der Waals surface area contributed by atoms with Gasteiger partial charge in [0.05, 0.1) is 30.7 Å². The summed E-state index contributed by atoms with van der Waals surface area (Å²) in [6, 6.07) is 10.4. The molecule has 1 heterocycles.